The molecule has 5 heteroatoms. The van der Waals surface area contributed by atoms with Gasteiger partial charge < -0.3 is 15.6 Å². The van der Waals surface area contributed by atoms with Crippen molar-refractivity contribution in [2.24, 2.45) is 5.92 Å². The minimum atomic E-state index is 0.581. The van der Waals surface area contributed by atoms with Gasteiger partial charge in [0.05, 0.1) is 11.2 Å². The first kappa shape index (κ1) is 15.3. The minimum Gasteiger partial charge on any atom is -0.382 e. The number of imidazole rings is 1. The molecule has 0 aliphatic carbocycles. The normalized spacial score (nSPS) is 14.7. The van der Waals surface area contributed by atoms with E-state index in [1.54, 1.807) is 0 Å². The maximum Gasteiger partial charge on any atom is 0.151 e. The summed E-state index contributed by atoms with van der Waals surface area (Å²) in [6.07, 6.45) is 4.37. The van der Waals surface area contributed by atoms with Crippen molar-refractivity contribution in [2.75, 3.05) is 12.3 Å². The Balaban J connectivity index is 2.21. The van der Waals surface area contributed by atoms with Crippen LogP contribution < -0.4 is 11.1 Å². The Labute approximate surface area is 132 Å². The zero-order valence-corrected chi connectivity index (χ0v) is 13.9. The van der Waals surface area contributed by atoms with Gasteiger partial charge in [0.1, 0.15) is 11.3 Å². The van der Waals surface area contributed by atoms with Crippen molar-refractivity contribution >= 4 is 16.9 Å². The first-order valence-corrected chi connectivity index (χ1v) is 8.48. The van der Waals surface area contributed by atoms with Crippen molar-refractivity contribution in [2.45, 2.75) is 59.5 Å². The second kappa shape index (κ2) is 6.24. The van der Waals surface area contributed by atoms with Gasteiger partial charge in [0.15, 0.2) is 5.82 Å². The molecular weight excluding hydrogens is 274 g/mol. The van der Waals surface area contributed by atoms with Crippen molar-refractivity contribution in [3.05, 3.63) is 17.1 Å². The Kier molecular flexibility index (Phi) is 4.34. The third-order valence-electron chi connectivity index (χ3n) is 4.32. The smallest absolute Gasteiger partial charge is 0.151 e. The average Bonchev–Trinajstić information content (AvgIpc) is 2.84. The van der Waals surface area contributed by atoms with E-state index in [0.717, 1.165) is 43.7 Å². The maximum atomic E-state index is 6.21. The number of nitrogen functional groups attached to an aromatic ring is 1. The van der Waals surface area contributed by atoms with Crippen LogP contribution in [0.5, 0.6) is 0 Å². The summed E-state index contributed by atoms with van der Waals surface area (Å²) in [5, 5.41) is 3.39. The number of aromatic nitrogens is 3. The molecule has 0 spiro atoms. The van der Waals surface area contributed by atoms with Crippen LogP contribution in [-0.2, 0) is 25.9 Å². The summed E-state index contributed by atoms with van der Waals surface area (Å²) in [5.74, 6) is 2.34. The highest BCUT2D eigenvalue weighted by molar-refractivity contribution is 5.89. The zero-order chi connectivity index (χ0) is 15.7. The van der Waals surface area contributed by atoms with Crippen molar-refractivity contribution in [3.63, 3.8) is 0 Å². The fraction of sp³-hybridized carbons (Fsp3) is 0.647. The number of fused-ring (bicyclic) bond motifs is 3. The van der Waals surface area contributed by atoms with Crippen molar-refractivity contribution < 1.29 is 0 Å². The molecule has 0 unspecified atom stereocenters. The summed E-state index contributed by atoms with van der Waals surface area (Å²) in [5.41, 5.74) is 10.8. The van der Waals surface area contributed by atoms with Crippen LogP contribution in [0.3, 0.4) is 0 Å². The Morgan fingerprint density at radius 2 is 2.14 bits per heavy atom. The molecule has 0 bridgehead atoms. The van der Waals surface area contributed by atoms with Crippen LogP contribution in [0, 0.1) is 5.92 Å². The highest BCUT2D eigenvalue weighted by Gasteiger charge is 2.22. The predicted octanol–water partition coefficient (Wildman–Crippen LogP) is 2.66. The van der Waals surface area contributed by atoms with Crippen LogP contribution in [0.25, 0.3) is 11.0 Å². The molecule has 0 radical (unpaired) electrons. The van der Waals surface area contributed by atoms with Gasteiger partial charge in [-0.05, 0) is 25.3 Å². The number of nitrogens with two attached hydrogens (primary N) is 1. The lowest BCUT2D eigenvalue weighted by Gasteiger charge is -2.20. The lowest BCUT2D eigenvalue weighted by molar-refractivity contribution is 0.511. The standard InChI is InChI=1S/C17H27N5/c1-4-5-6-14-21-15-16(22(14)10-11(2)3)12-7-8-19-9-13(12)20-17(15)18/h11,19H,4-10H2,1-3H3,(H2,18,20). The number of rotatable bonds is 5. The molecule has 0 atom stereocenters. The van der Waals surface area contributed by atoms with Crippen LogP contribution in [0.4, 0.5) is 5.82 Å². The number of unbranched alkanes of at least 4 members (excludes halogenated alkanes) is 1. The number of anilines is 1. The van der Waals surface area contributed by atoms with Crippen molar-refractivity contribution in [1.29, 1.82) is 0 Å². The van der Waals surface area contributed by atoms with E-state index in [2.05, 4.69) is 35.6 Å². The lowest BCUT2D eigenvalue weighted by Crippen LogP contribution is -2.26. The molecule has 1 aliphatic rings. The number of nitrogens with zero attached hydrogens (tertiary/aromatic N) is 3. The molecule has 3 heterocycles. The van der Waals surface area contributed by atoms with Crippen LogP contribution in [0.1, 0.15) is 50.7 Å². The summed E-state index contributed by atoms with van der Waals surface area (Å²) >= 11 is 0. The molecule has 2 aromatic heterocycles. The largest absolute Gasteiger partial charge is 0.382 e. The first-order valence-electron chi connectivity index (χ1n) is 8.48. The van der Waals surface area contributed by atoms with E-state index >= 15 is 0 Å². The molecule has 120 valence electrons. The summed E-state index contributed by atoms with van der Waals surface area (Å²) in [4.78, 5) is 9.46. The van der Waals surface area contributed by atoms with Gasteiger partial charge >= 0.3 is 0 Å². The van der Waals surface area contributed by atoms with Gasteiger partial charge in [0, 0.05) is 25.1 Å². The molecule has 1 aliphatic heterocycles. The predicted molar refractivity (Wildman–Crippen MR) is 90.8 cm³/mol. The van der Waals surface area contributed by atoms with E-state index in [4.69, 9.17) is 10.7 Å². The number of nitrogens with one attached hydrogen (secondary N) is 1. The maximum absolute atomic E-state index is 6.21. The molecule has 0 saturated carbocycles. The SMILES string of the molecule is CCCCc1nc2c(N)nc3c(c2n1CC(C)C)CCNC3. The van der Waals surface area contributed by atoms with E-state index in [1.807, 2.05) is 0 Å². The first-order chi connectivity index (χ1) is 10.6. The lowest BCUT2D eigenvalue weighted by atomic mass is 10.0. The van der Waals surface area contributed by atoms with Gasteiger partial charge in [-0.3, -0.25) is 0 Å². The Hall–Kier alpha value is -1.62. The third kappa shape index (κ3) is 2.70. The number of hydrogen-bond acceptors (Lipinski definition) is 4. The Morgan fingerprint density at radius 3 is 2.86 bits per heavy atom. The molecule has 2 aromatic rings. The van der Waals surface area contributed by atoms with Gasteiger partial charge in [-0.25, -0.2) is 9.97 Å². The monoisotopic (exact) mass is 301 g/mol. The van der Waals surface area contributed by atoms with E-state index in [1.165, 1.54) is 29.7 Å². The van der Waals surface area contributed by atoms with Crippen LogP contribution in [0.15, 0.2) is 0 Å². The second-order valence-electron chi connectivity index (χ2n) is 6.68. The van der Waals surface area contributed by atoms with Crippen molar-refractivity contribution in [3.8, 4) is 0 Å². The third-order valence-corrected chi connectivity index (χ3v) is 4.32. The number of hydrogen-bond donors (Lipinski definition) is 2. The summed E-state index contributed by atoms with van der Waals surface area (Å²) in [6, 6.07) is 0. The Morgan fingerprint density at radius 1 is 1.32 bits per heavy atom. The summed E-state index contributed by atoms with van der Waals surface area (Å²) < 4.78 is 2.41. The second-order valence-corrected chi connectivity index (χ2v) is 6.68. The quantitative estimate of drug-likeness (QED) is 0.891. The molecule has 5 nitrogen and oxygen atoms in total. The molecule has 3 rings (SSSR count). The molecule has 22 heavy (non-hydrogen) atoms. The van der Waals surface area contributed by atoms with Crippen LogP contribution >= 0.6 is 0 Å². The molecule has 0 saturated heterocycles. The van der Waals surface area contributed by atoms with E-state index in [0.29, 0.717) is 11.7 Å². The van der Waals surface area contributed by atoms with Gasteiger partial charge in [0.25, 0.3) is 0 Å². The summed E-state index contributed by atoms with van der Waals surface area (Å²) in [7, 11) is 0. The van der Waals surface area contributed by atoms with Crippen LogP contribution in [-0.4, -0.2) is 21.1 Å². The van der Waals surface area contributed by atoms with Crippen molar-refractivity contribution in [1.82, 2.24) is 19.9 Å². The highest BCUT2D eigenvalue weighted by Crippen LogP contribution is 2.29. The van der Waals surface area contributed by atoms with E-state index < -0.39 is 0 Å². The van der Waals surface area contributed by atoms with Gasteiger partial charge in [-0.1, -0.05) is 27.2 Å². The number of aryl methyl sites for hydroxylation is 1. The van der Waals surface area contributed by atoms with Gasteiger partial charge in [-0.2, -0.15) is 0 Å². The topological polar surface area (TPSA) is 68.8 Å². The molecule has 3 N–H and O–H groups in total. The molecular formula is C17H27N5. The molecule has 0 aromatic carbocycles. The van der Waals surface area contributed by atoms with Gasteiger partial charge in [0.2, 0.25) is 0 Å². The highest BCUT2D eigenvalue weighted by atomic mass is 15.1. The Bertz CT molecular complexity index is 671. The zero-order valence-electron chi connectivity index (χ0n) is 13.9. The fourth-order valence-electron chi connectivity index (χ4n) is 3.30. The molecule has 0 fully saturated rings. The summed E-state index contributed by atoms with van der Waals surface area (Å²) in [6.45, 7) is 9.55. The van der Waals surface area contributed by atoms with Crippen LogP contribution in [0.2, 0.25) is 0 Å². The van der Waals surface area contributed by atoms with E-state index in [9.17, 15) is 0 Å². The van der Waals surface area contributed by atoms with E-state index in [-0.39, 0.29) is 0 Å². The van der Waals surface area contributed by atoms with Gasteiger partial charge in [-0.15, -0.1) is 0 Å². The fourth-order valence-corrected chi connectivity index (χ4v) is 3.30. The number of pyridine rings is 1. The average molecular weight is 301 g/mol. The molecule has 0 amide bonds. The minimum absolute atomic E-state index is 0.581.